The van der Waals surface area contributed by atoms with E-state index < -0.39 is 0 Å². The van der Waals surface area contributed by atoms with Crippen molar-refractivity contribution in [1.82, 2.24) is 5.32 Å². The van der Waals surface area contributed by atoms with Gasteiger partial charge in [-0.15, -0.1) is 0 Å². The minimum absolute atomic E-state index is 0.184. The van der Waals surface area contributed by atoms with Crippen LogP contribution in [0.1, 0.15) is 31.2 Å². The highest BCUT2D eigenvalue weighted by molar-refractivity contribution is 9.10. The van der Waals surface area contributed by atoms with Gasteiger partial charge in [-0.25, -0.2) is 0 Å². The molecule has 0 heterocycles. The van der Waals surface area contributed by atoms with Crippen LogP contribution in [0.25, 0.3) is 0 Å². The lowest BCUT2D eigenvalue weighted by Gasteiger charge is -2.28. The average molecular weight is 344 g/mol. The van der Waals surface area contributed by atoms with Crippen LogP contribution >= 0.6 is 15.9 Å². The quantitative estimate of drug-likeness (QED) is 0.863. The predicted octanol–water partition coefficient (Wildman–Crippen LogP) is 2.86. The van der Waals surface area contributed by atoms with E-state index in [0.29, 0.717) is 12.3 Å². The standard InChI is InChI=1S/C15H22BrNO3/c1-19-14-7-10(11(16)8-15(14)20-2)9-17-12-5-3-4-6-13(12)18/h7-8,12-13,17-18H,3-6,9H2,1-2H3/t12-,13+/m1/s1. The van der Waals surface area contributed by atoms with E-state index in [1.807, 2.05) is 12.1 Å². The summed E-state index contributed by atoms with van der Waals surface area (Å²) in [7, 11) is 3.26. The number of benzene rings is 1. The fourth-order valence-corrected chi connectivity index (χ4v) is 3.08. The third-order valence-corrected chi connectivity index (χ3v) is 4.57. The van der Waals surface area contributed by atoms with Gasteiger partial charge in [0.25, 0.3) is 0 Å². The van der Waals surface area contributed by atoms with Gasteiger partial charge in [-0.3, -0.25) is 0 Å². The van der Waals surface area contributed by atoms with Gasteiger partial charge in [0.1, 0.15) is 0 Å². The maximum Gasteiger partial charge on any atom is 0.161 e. The highest BCUT2D eigenvalue weighted by atomic mass is 79.9. The van der Waals surface area contributed by atoms with E-state index in [0.717, 1.165) is 35.0 Å². The molecule has 0 radical (unpaired) electrons. The molecule has 5 heteroatoms. The number of methoxy groups -OCH3 is 2. The van der Waals surface area contributed by atoms with Crippen LogP contribution in [-0.2, 0) is 6.54 Å². The van der Waals surface area contributed by atoms with Gasteiger partial charge in [0.05, 0.1) is 20.3 Å². The second-order valence-electron chi connectivity index (χ2n) is 5.14. The molecule has 1 aromatic carbocycles. The summed E-state index contributed by atoms with van der Waals surface area (Å²) >= 11 is 3.55. The average Bonchev–Trinajstić information content (AvgIpc) is 2.47. The third kappa shape index (κ3) is 3.65. The fourth-order valence-electron chi connectivity index (χ4n) is 2.62. The molecule has 20 heavy (non-hydrogen) atoms. The lowest BCUT2D eigenvalue weighted by Crippen LogP contribution is -2.41. The number of halogens is 1. The third-order valence-electron chi connectivity index (χ3n) is 3.84. The molecule has 4 nitrogen and oxygen atoms in total. The molecule has 2 N–H and O–H groups in total. The molecule has 1 aromatic rings. The van der Waals surface area contributed by atoms with Crippen LogP contribution in [0, 0.1) is 0 Å². The Balaban J connectivity index is 2.05. The van der Waals surface area contributed by atoms with E-state index in [1.54, 1.807) is 14.2 Å². The highest BCUT2D eigenvalue weighted by Crippen LogP contribution is 2.33. The number of hydrogen-bond acceptors (Lipinski definition) is 4. The van der Waals surface area contributed by atoms with Gasteiger partial charge in [-0.1, -0.05) is 28.8 Å². The first-order chi connectivity index (χ1) is 9.65. The summed E-state index contributed by atoms with van der Waals surface area (Å²) in [6.07, 6.45) is 4.00. The summed E-state index contributed by atoms with van der Waals surface area (Å²) in [5.74, 6) is 1.43. The number of nitrogens with one attached hydrogen (secondary N) is 1. The van der Waals surface area contributed by atoms with Gasteiger partial charge < -0.3 is 19.9 Å². The fraction of sp³-hybridized carbons (Fsp3) is 0.600. The summed E-state index contributed by atoms with van der Waals surface area (Å²) < 4.78 is 11.6. The summed E-state index contributed by atoms with van der Waals surface area (Å²) in [6.45, 7) is 0.697. The van der Waals surface area contributed by atoms with Gasteiger partial charge in [0, 0.05) is 17.1 Å². The molecule has 0 spiro atoms. The Kier molecular flexibility index (Phi) is 5.69. The normalized spacial score (nSPS) is 22.6. The van der Waals surface area contributed by atoms with Crippen LogP contribution in [0.5, 0.6) is 11.5 Å². The van der Waals surface area contributed by atoms with Crippen molar-refractivity contribution >= 4 is 15.9 Å². The summed E-state index contributed by atoms with van der Waals surface area (Å²) in [6, 6.07) is 4.06. The minimum Gasteiger partial charge on any atom is -0.493 e. The van der Waals surface area contributed by atoms with Crippen molar-refractivity contribution in [1.29, 1.82) is 0 Å². The van der Waals surface area contributed by atoms with Crippen molar-refractivity contribution < 1.29 is 14.6 Å². The smallest absolute Gasteiger partial charge is 0.161 e. The summed E-state index contributed by atoms with van der Waals surface area (Å²) in [4.78, 5) is 0. The SMILES string of the molecule is COc1cc(Br)c(CN[C@@H]2CCCC[C@@H]2O)cc1OC. The maximum atomic E-state index is 9.98. The van der Waals surface area contributed by atoms with Crippen LogP contribution < -0.4 is 14.8 Å². The molecule has 1 saturated carbocycles. The van der Waals surface area contributed by atoms with E-state index in [9.17, 15) is 5.11 Å². The lowest BCUT2D eigenvalue weighted by molar-refractivity contribution is 0.0902. The van der Waals surface area contributed by atoms with Gasteiger partial charge in [-0.05, 0) is 30.5 Å². The van der Waals surface area contributed by atoms with Gasteiger partial charge in [0.15, 0.2) is 11.5 Å². The zero-order valence-electron chi connectivity index (χ0n) is 12.0. The molecule has 1 aliphatic rings. The molecular weight excluding hydrogens is 322 g/mol. The van der Waals surface area contributed by atoms with Crippen molar-refractivity contribution in [3.8, 4) is 11.5 Å². The van der Waals surface area contributed by atoms with Crippen LogP contribution in [0.4, 0.5) is 0 Å². The molecule has 2 rings (SSSR count). The number of aliphatic hydroxyl groups is 1. The van der Waals surface area contributed by atoms with Crippen molar-refractivity contribution in [2.75, 3.05) is 14.2 Å². The van der Waals surface area contributed by atoms with Gasteiger partial charge in [0.2, 0.25) is 0 Å². The Morgan fingerprint density at radius 2 is 1.85 bits per heavy atom. The molecule has 0 aromatic heterocycles. The Bertz CT molecular complexity index is 453. The topological polar surface area (TPSA) is 50.7 Å². The van der Waals surface area contributed by atoms with Crippen LogP contribution in [-0.4, -0.2) is 31.5 Å². The van der Waals surface area contributed by atoms with Crippen LogP contribution in [0.15, 0.2) is 16.6 Å². The molecule has 0 bridgehead atoms. The molecule has 1 fully saturated rings. The highest BCUT2D eigenvalue weighted by Gasteiger charge is 2.22. The molecular formula is C15H22BrNO3. The van der Waals surface area contributed by atoms with E-state index in [2.05, 4.69) is 21.2 Å². The molecule has 0 amide bonds. The Morgan fingerprint density at radius 3 is 2.50 bits per heavy atom. The summed E-state index contributed by atoms with van der Waals surface area (Å²) in [5, 5.41) is 13.4. The molecule has 112 valence electrons. The first kappa shape index (κ1) is 15.6. The lowest BCUT2D eigenvalue weighted by atomic mass is 9.92. The van der Waals surface area contributed by atoms with E-state index in [-0.39, 0.29) is 12.1 Å². The zero-order valence-corrected chi connectivity index (χ0v) is 13.6. The molecule has 0 aliphatic heterocycles. The van der Waals surface area contributed by atoms with Crippen LogP contribution in [0.3, 0.4) is 0 Å². The Labute approximate surface area is 128 Å². The number of hydrogen-bond donors (Lipinski definition) is 2. The van der Waals surface area contributed by atoms with Crippen molar-refractivity contribution in [2.24, 2.45) is 0 Å². The molecule has 0 unspecified atom stereocenters. The van der Waals surface area contributed by atoms with Crippen LogP contribution in [0.2, 0.25) is 0 Å². The zero-order chi connectivity index (χ0) is 14.5. The first-order valence-corrected chi connectivity index (χ1v) is 7.77. The summed E-state index contributed by atoms with van der Waals surface area (Å²) in [5.41, 5.74) is 1.10. The minimum atomic E-state index is -0.234. The largest absolute Gasteiger partial charge is 0.493 e. The van der Waals surface area contributed by atoms with E-state index in [4.69, 9.17) is 9.47 Å². The molecule has 0 saturated heterocycles. The maximum absolute atomic E-state index is 9.98. The van der Waals surface area contributed by atoms with E-state index in [1.165, 1.54) is 6.42 Å². The van der Waals surface area contributed by atoms with Gasteiger partial charge >= 0.3 is 0 Å². The number of rotatable bonds is 5. The Morgan fingerprint density at radius 1 is 1.20 bits per heavy atom. The van der Waals surface area contributed by atoms with Crippen molar-refractivity contribution in [3.05, 3.63) is 22.2 Å². The second kappa shape index (κ2) is 7.29. The Hall–Kier alpha value is -0.780. The number of aliphatic hydroxyl groups excluding tert-OH is 1. The first-order valence-electron chi connectivity index (χ1n) is 6.97. The van der Waals surface area contributed by atoms with Gasteiger partial charge in [-0.2, -0.15) is 0 Å². The van der Waals surface area contributed by atoms with Crippen molar-refractivity contribution in [3.63, 3.8) is 0 Å². The monoisotopic (exact) mass is 343 g/mol. The number of ether oxygens (including phenoxy) is 2. The second-order valence-corrected chi connectivity index (χ2v) is 5.99. The molecule has 1 aliphatic carbocycles. The predicted molar refractivity (Wildman–Crippen MR) is 82.3 cm³/mol. The molecule has 2 atom stereocenters. The van der Waals surface area contributed by atoms with Crippen molar-refractivity contribution in [2.45, 2.75) is 44.4 Å². The van der Waals surface area contributed by atoms with E-state index >= 15 is 0 Å².